The Bertz CT molecular complexity index is 340. The standard InChI is InChI=1S/C15H27N3OS/c1-17(13-6-10-20-11-13)15(19)14-3-2-9-18(14)12-4-7-16-8-5-12/h12-14,16H,2-11H2,1H3. The minimum Gasteiger partial charge on any atom is -0.341 e. The quantitative estimate of drug-likeness (QED) is 0.848. The van der Waals surface area contributed by atoms with Crippen molar-refractivity contribution in [2.24, 2.45) is 0 Å². The number of thioether (sulfide) groups is 1. The maximum Gasteiger partial charge on any atom is 0.239 e. The Morgan fingerprint density at radius 3 is 2.75 bits per heavy atom. The van der Waals surface area contributed by atoms with Gasteiger partial charge >= 0.3 is 0 Å². The lowest BCUT2D eigenvalue weighted by Crippen LogP contribution is -2.52. The molecule has 0 aromatic rings. The van der Waals surface area contributed by atoms with E-state index < -0.39 is 0 Å². The summed E-state index contributed by atoms with van der Waals surface area (Å²) in [7, 11) is 2.03. The molecular weight excluding hydrogens is 270 g/mol. The van der Waals surface area contributed by atoms with Gasteiger partial charge in [-0.2, -0.15) is 11.8 Å². The lowest BCUT2D eigenvalue weighted by molar-refractivity contribution is -0.137. The fourth-order valence-corrected chi connectivity index (χ4v) is 5.14. The average Bonchev–Trinajstić information content (AvgIpc) is 3.17. The molecule has 3 fully saturated rings. The Balaban J connectivity index is 1.63. The second-order valence-electron chi connectivity index (χ2n) is 6.34. The van der Waals surface area contributed by atoms with Crippen LogP contribution in [0.2, 0.25) is 0 Å². The molecule has 4 nitrogen and oxygen atoms in total. The van der Waals surface area contributed by atoms with Crippen molar-refractivity contribution in [3.8, 4) is 0 Å². The topological polar surface area (TPSA) is 35.6 Å². The van der Waals surface area contributed by atoms with Crippen LogP contribution >= 0.6 is 11.8 Å². The molecule has 0 aromatic heterocycles. The van der Waals surface area contributed by atoms with Crippen LogP contribution < -0.4 is 5.32 Å². The molecule has 1 amide bonds. The number of likely N-dealkylation sites (tertiary alicyclic amines) is 1. The van der Waals surface area contributed by atoms with Crippen molar-refractivity contribution in [3.63, 3.8) is 0 Å². The maximum atomic E-state index is 12.8. The van der Waals surface area contributed by atoms with Gasteiger partial charge in [-0.05, 0) is 57.5 Å². The van der Waals surface area contributed by atoms with Crippen molar-refractivity contribution in [2.45, 2.75) is 50.2 Å². The van der Waals surface area contributed by atoms with Gasteiger partial charge in [-0.15, -0.1) is 0 Å². The molecule has 5 heteroatoms. The average molecular weight is 297 g/mol. The molecule has 0 radical (unpaired) electrons. The van der Waals surface area contributed by atoms with Gasteiger partial charge in [-0.1, -0.05) is 0 Å². The number of likely N-dealkylation sites (N-methyl/N-ethyl adjacent to an activating group) is 1. The van der Waals surface area contributed by atoms with Crippen molar-refractivity contribution in [1.82, 2.24) is 15.1 Å². The number of carbonyl (C=O) groups is 1. The molecule has 0 aliphatic carbocycles. The van der Waals surface area contributed by atoms with Gasteiger partial charge in [0.15, 0.2) is 0 Å². The van der Waals surface area contributed by atoms with Crippen molar-refractivity contribution < 1.29 is 4.79 Å². The zero-order valence-electron chi connectivity index (χ0n) is 12.5. The SMILES string of the molecule is CN(C(=O)C1CCCN1C1CCNCC1)C1CCSC1. The summed E-state index contributed by atoms with van der Waals surface area (Å²) in [5.74, 6) is 2.72. The monoisotopic (exact) mass is 297 g/mol. The van der Waals surface area contributed by atoms with E-state index in [1.165, 1.54) is 31.4 Å². The number of nitrogens with one attached hydrogen (secondary N) is 1. The second-order valence-corrected chi connectivity index (χ2v) is 7.49. The first-order valence-electron chi connectivity index (χ1n) is 8.08. The minimum atomic E-state index is 0.161. The van der Waals surface area contributed by atoms with Crippen LogP contribution in [0.15, 0.2) is 0 Å². The lowest BCUT2D eigenvalue weighted by atomic mass is 10.0. The van der Waals surface area contributed by atoms with Crippen molar-refractivity contribution in [1.29, 1.82) is 0 Å². The highest BCUT2D eigenvalue weighted by Crippen LogP contribution is 2.28. The highest BCUT2D eigenvalue weighted by molar-refractivity contribution is 7.99. The van der Waals surface area contributed by atoms with E-state index in [1.807, 2.05) is 18.8 Å². The maximum absolute atomic E-state index is 12.8. The van der Waals surface area contributed by atoms with Gasteiger partial charge in [0.2, 0.25) is 5.91 Å². The Kier molecular flexibility index (Phi) is 4.89. The molecule has 2 unspecified atom stereocenters. The van der Waals surface area contributed by atoms with Crippen LogP contribution in [0.5, 0.6) is 0 Å². The summed E-state index contributed by atoms with van der Waals surface area (Å²) < 4.78 is 0. The lowest BCUT2D eigenvalue weighted by Gasteiger charge is -2.37. The number of nitrogens with zero attached hydrogens (tertiary/aromatic N) is 2. The van der Waals surface area contributed by atoms with E-state index in [0.29, 0.717) is 18.0 Å². The third kappa shape index (κ3) is 3.00. The molecule has 3 aliphatic heterocycles. The number of hydrogen-bond donors (Lipinski definition) is 1. The van der Waals surface area contributed by atoms with Gasteiger partial charge in [-0.3, -0.25) is 9.69 Å². The summed E-state index contributed by atoms with van der Waals surface area (Å²) in [4.78, 5) is 17.4. The molecule has 3 saturated heterocycles. The molecule has 20 heavy (non-hydrogen) atoms. The zero-order chi connectivity index (χ0) is 13.9. The highest BCUT2D eigenvalue weighted by Gasteiger charge is 2.38. The van der Waals surface area contributed by atoms with Gasteiger partial charge in [0, 0.05) is 24.9 Å². The smallest absolute Gasteiger partial charge is 0.239 e. The third-order valence-corrected chi connectivity index (χ3v) is 6.30. The van der Waals surface area contributed by atoms with Gasteiger partial charge in [0.05, 0.1) is 6.04 Å². The second kappa shape index (κ2) is 6.67. The van der Waals surface area contributed by atoms with E-state index in [-0.39, 0.29) is 6.04 Å². The normalized spacial score (nSPS) is 32.6. The van der Waals surface area contributed by atoms with E-state index in [4.69, 9.17) is 0 Å². The molecule has 1 N–H and O–H groups in total. The molecule has 3 aliphatic rings. The molecule has 0 saturated carbocycles. The molecule has 3 heterocycles. The minimum absolute atomic E-state index is 0.161. The number of rotatable bonds is 3. The van der Waals surface area contributed by atoms with Crippen LogP contribution in [0.25, 0.3) is 0 Å². The van der Waals surface area contributed by atoms with Crippen LogP contribution in [0.1, 0.15) is 32.1 Å². The molecule has 0 aromatic carbocycles. The Labute approximate surface area is 126 Å². The fraction of sp³-hybridized carbons (Fsp3) is 0.933. The number of carbonyl (C=O) groups excluding carboxylic acids is 1. The predicted molar refractivity (Wildman–Crippen MR) is 84.1 cm³/mol. The summed E-state index contributed by atoms with van der Waals surface area (Å²) >= 11 is 1.98. The van der Waals surface area contributed by atoms with Crippen molar-refractivity contribution >= 4 is 17.7 Å². The van der Waals surface area contributed by atoms with Gasteiger partial charge in [0.25, 0.3) is 0 Å². The van der Waals surface area contributed by atoms with Crippen molar-refractivity contribution in [2.75, 3.05) is 38.2 Å². The predicted octanol–water partition coefficient (Wildman–Crippen LogP) is 1.17. The first-order valence-corrected chi connectivity index (χ1v) is 9.23. The first kappa shape index (κ1) is 14.7. The molecule has 2 atom stereocenters. The summed E-state index contributed by atoms with van der Waals surface area (Å²) in [6.45, 7) is 3.34. The molecular formula is C15H27N3OS. The summed E-state index contributed by atoms with van der Waals surface area (Å²) in [5.41, 5.74) is 0. The third-order valence-electron chi connectivity index (χ3n) is 5.16. The zero-order valence-corrected chi connectivity index (χ0v) is 13.3. The van der Waals surface area contributed by atoms with Crippen LogP contribution in [0, 0.1) is 0 Å². The largest absolute Gasteiger partial charge is 0.341 e. The Hall–Kier alpha value is -0.260. The van der Waals surface area contributed by atoms with Crippen LogP contribution in [-0.2, 0) is 4.79 Å². The van der Waals surface area contributed by atoms with E-state index >= 15 is 0 Å². The van der Waals surface area contributed by atoms with Crippen LogP contribution in [0.4, 0.5) is 0 Å². The van der Waals surface area contributed by atoms with Gasteiger partial charge in [-0.25, -0.2) is 0 Å². The van der Waals surface area contributed by atoms with Crippen LogP contribution in [-0.4, -0.2) is 72.0 Å². The molecule has 3 rings (SSSR count). The molecule has 0 bridgehead atoms. The molecule has 114 valence electrons. The summed E-state index contributed by atoms with van der Waals surface area (Å²) in [5, 5.41) is 3.42. The van der Waals surface area contributed by atoms with E-state index in [2.05, 4.69) is 15.1 Å². The summed E-state index contributed by atoms with van der Waals surface area (Å²) in [6, 6.07) is 1.26. The Morgan fingerprint density at radius 2 is 2.05 bits per heavy atom. The Morgan fingerprint density at radius 1 is 1.25 bits per heavy atom. The van der Waals surface area contributed by atoms with Gasteiger partial charge in [0.1, 0.15) is 0 Å². The number of amides is 1. The fourth-order valence-electron chi connectivity index (χ4n) is 3.87. The van der Waals surface area contributed by atoms with Crippen molar-refractivity contribution in [3.05, 3.63) is 0 Å². The molecule has 0 spiro atoms. The van der Waals surface area contributed by atoms with Crippen LogP contribution in [0.3, 0.4) is 0 Å². The van der Waals surface area contributed by atoms with Gasteiger partial charge < -0.3 is 10.2 Å². The number of hydrogen-bond acceptors (Lipinski definition) is 4. The van der Waals surface area contributed by atoms with E-state index in [9.17, 15) is 4.79 Å². The van der Waals surface area contributed by atoms with E-state index in [0.717, 1.165) is 31.8 Å². The number of piperidine rings is 1. The summed E-state index contributed by atoms with van der Waals surface area (Å²) in [6.07, 6.45) is 5.83. The highest BCUT2D eigenvalue weighted by atomic mass is 32.2. The van der Waals surface area contributed by atoms with E-state index in [1.54, 1.807) is 0 Å². The first-order chi connectivity index (χ1) is 9.77.